The molecule has 0 saturated heterocycles. The van der Waals surface area contributed by atoms with E-state index in [0.29, 0.717) is 0 Å². The van der Waals surface area contributed by atoms with E-state index >= 15 is 0 Å². The fourth-order valence-corrected chi connectivity index (χ4v) is 4.28. The topological polar surface area (TPSA) is 4.93 Å². The summed E-state index contributed by atoms with van der Waals surface area (Å²) < 4.78 is 2.23. The summed E-state index contributed by atoms with van der Waals surface area (Å²) in [4.78, 5) is 0. The third kappa shape index (κ3) is 4.15. The van der Waals surface area contributed by atoms with E-state index in [1.54, 1.807) is 0 Å². The predicted octanol–water partition coefficient (Wildman–Crippen LogP) is 8.43. The van der Waals surface area contributed by atoms with E-state index < -0.39 is 0 Å². The van der Waals surface area contributed by atoms with Crippen LogP contribution in [0, 0.1) is 0 Å². The molecular weight excluding hydrogens is 386 g/mol. The Kier molecular flexibility index (Phi) is 5.72. The van der Waals surface area contributed by atoms with Gasteiger partial charge in [-0.3, -0.25) is 0 Å². The highest BCUT2D eigenvalue weighted by Gasteiger charge is 2.12. The third-order valence-corrected chi connectivity index (χ3v) is 5.99. The highest BCUT2D eigenvalue weighted by Crippen LogP contribution is 2.34. The third-order valence-electron chi connectivity index (χ3n) is 5.99. The molecule has 0 atom stereocenters. The number of benzene rings is 4. The molecule has 1 aromatic heterocycles. The second-order valence-corrected chi connectivity index (χ2v) is 8.22. The molecule has 32 heavy (non-hydrogen) atoms. The van der Waals surface area contributed by atoms with Gasteiger partial charge in [0, 0.05) is 29.2 Å². The van der Waals surface area contributed by atoms with Crippen molar-refractivity contribution in [2.24, 2.45) is 0 Å². The number of hydrogen-bond acceptors (Lipinski definition) is 0. The average molecular weight is 414 g/mol. The molecule has 0 saturated carbocycles. The lowest BCUT2D eigenvalue weighted by molar-refractivity contribution is 0.922. The Balaban J connectivity index is 1.50. The van der Waals surface area contributed by atoms with Crippen LogP contribution in [-0.2, 0) is 6.42 Å². The van der Waals surface area contributed by atoms with Crippen LogP contribution < -0.4 is 0 Å². The minimum Gasteiger partial charge on any atom is -0.323 e. The van der Waals surface area contributed by atoms with Crippen LogP contribution in [0.1, 0.15) is 18.9 Å². The van der Waals surface area contributed by atoms with Gasteiger partial charge in [0.15, 0.2) is 0 Å². The summed E-state index contributed by atoms with van der Waals surface area (Å²) in [5.74, 6) is 0. The Hall–Kier alpha value is -3.84. The van der Waals surface area contributed by atoms with Crippen molar-refractivity contribution < 1.29 is 0 Å². The Labute approximate surface area is 190 Å². The molecule has 156 valence electrons. The summed E-state index contributed by atoms with van der Waals surface area (Å²) in [5.41, 5.74) is 10.0. The highest BCUT2D eigenvalue weighted by molar-refractivity contribution is 5.83. The molecule has 4 aromatic carbocycles. The first-order valence-electron chi connectivity index (χ1n) is 11.3. The van der Waals surface area contributed by atoms with E-state index in [0.717, 1.165) is 12.1 Å². The quantitative estimate of drug-likeness (QED) is 0.263. The van der Waals surface area contributed by atoms with E-state index in [1.165, 1.54) is 45.4 Å². The molecule has 1 heterocycles. The average Bonchev–Trinajstić information content (AvgIpc) is 3.32. The van der Waals surface area contributed by atoms with Gasteiger partial charge in [-0.1, -0.05) is 110 Å². The highest BCUT2D eigenvalue weighted by atomic mass is 14.9. The molecule has 0 bridgehead atoms. The number of aryl methyl sites for hydroxylation is 1. The van der Waals surface area contributed by atoms with Crippen molar-refractivity contribution in [2.75, 3.05) is 0 Å². The predicted molar refractivity (Wildman–Crippen MR) is 136 cm³/mol. The van der Waals surface area contributed by atoms with Gasteiger partial charge < -0.3 is 4.57 Å². The van der Waals surface area contributed by atoms with Crippen LogP contribution in [0.15, 0.2) is 122 Å². The smallest absolute Gasteiger partial charge is 0.0450 e. The van der Waals surface area contributed by atoms with Gasteiger partial charge in [0.2, 0.25) is 0 Å². The summed E-state index contributed by atoms with van der Waals surface area (Å²) >= 11 is 0. The molecule has 1 heteroatoms. The summed E-state index contributed by atoms with van der Waals surface area (Å²) in [6.45, 7) is 2.22. The Bertz CT molecular complexity index is 1220. The van der Waals surface area contributed by atoms with Gasteiger partial charge in [0.25, 0.3) is 0 Å². The maximum Gasteiger partial charge on any atom is 0.0450 e. The fraction of sp³-hybridized carbons (Fsp3) is 0.0968. The molecule has 0 N–H and O–H groups in total. The van der Waals surface area contributed by atoms with E-state index in [-0.39, 0.29) is 0 Å². The van der Waals surface area contributed by atoms with Gasteiger partial charge in [-0.2, -0.15) is 0 Å². The van der Waals surface area contributed by atoms with Crippen LogP contribution in [0.25, 0.3) is 39.1 Å². The number of hydrogen-bond donors (Lipinski definition) is 0. The lowest BCUT2D eigenvalue weighted by Crippen LogP contribution is -1.90. The Morgan fingerprint density at radius 3 is 1.44 bits per heavy atom. The molecule has 0 aliphatic rings. The maximum absolute atomic E-state index is 2.25. The second-order valence-electron chi connectivity index (χ2n) is 8.22. The Morgan fingerprint density at radius 1 is 0.500 bits per heavy atom. The number of rotatable bonds is 6. The van der Waals surface area contributed by atoms with Crippen molar-refractivity contribution in [1.29, 1.82) is 0 Å². The van der Waals surface area contributed by atoms with Crippen LogP contribution in [0.2, 0.25) is 0 Å². The molecule has 0 aliphatic heterocycles. The van der Waals surface area contributed by atoms with Crippen molar-refractivity contribution >= 4 is 0 Å². The zero-order chi connectivity index (χ0) is 21.8. The molecule has 1 nitrogen and oxygen atoms in total. The molecular formula is C31H27N. The van der Waals surface area contributed by atoms with Gasteiger partial charge >= 0.3 is 0 Å². The van der Waals surface area contributed by atoms with Crippen molar-refractivity contribution in [1.82, 2.24) is 4.57 Å². The van der Waals surface area contributed by atoms with E-state index in [2.05, 4.69) is 133 Å². The SMILES string of the molecule is CCCc1ccc(-c2ccc(-n3cc(-c4ccccc4)c(-c4ccccc4)c3)cc2)cc1. The zero-order valence-corrected chi connectivity index (χ0v) is 18.4. The zero-order valence-electron chi connectivity index (χ0n) is 18.4. The first kappa shape index (κ1) is 20.1. The molecule has 0 fully saturated rings. The van der Waals surface area contributed by atoms with Crippen LogP contribution in [0.5, 0.6) is 0 Å². The van der Waals surface area contributed by atoms with Gasteiger partial charge in [-0.25, -0.2) is 0 Å². The maximum atomic E-state index is 2.25. The minimum atomic E-state index is 1.14. The first-order chi connectivity index (χ1) is 15.8. The van der Waals surface area contributed by atoms with Crippen LogP contribution in [-0.4, -0.2) is 4.57 Å². The number of aromatic nitrogens is 1. The standard InChI is InChI=1S/C31H27N/c1-2-9-24-14-16-25(17-15-24)26-18-20-29(21-19-26)32-22-30(27-10-5-3-6-11-27)31(23-32)28-12-7-4-8-13-28/h3-8,10-23H,2,9H2,1H3. The minimum absolute atomic E-state index is 1.14. The lowest BCUT2D eigenvalue weighted by Gasteiger charge is -2.07. The van der Waals surface area contributed by atoms with Crippen molar-refractivity contribution in [2.45, 2.75) is 19.8 Å². The van der Waals surface area contributed by atoms with E-state index in [9.17, 15) is 0 Å². The van der Waals surface area contributed by atoms with Gasteiger partial charge in [-0.15, -0.1) is 0 Å². The molecule has 5 aromatic rings. The lowest BCUT2D eigenvalue weighted by atomic mass is 9.99. The monoisotopic (exact) mass is 413 g/mol. The van der Waals surface area contributed by atoms with Crippen LogP contribution in [0.3, 0.4) is 0 Å². The fourth-order valence-electron chi connectivity index (χ4n) is 4.28. The molecule has 0 amide bonds. The van der Waals surface area contributed by atoms with Gasteiger partial charge in [-0.05, 0) is 46.4 Å². The molecule has 0 spiro atoms. The molecule has 0 radical (unpaired) electrons. The second kappa shape index (κ2) is 9.11. The van der Waals surface area contributed by atoms with Gasteiger partial charge in [0.1, 0.15) is 0 Å². The van der Waals surface area contributed by atoms with Crippen LogP contribution in [0.4, 0.5) is 0 Å². The van der Waals surface area contributed by atoms with E-state index in [1.807, 2.05) is 0 Å². The first-order valence-corrected chi connectivity index (χ1v) is 11.3. The summed E-state index contributed by atoms with van der Waals surface area (Å²) in [7, 11) is 0. The van der Waals surface area contributed by atoms with Crippen molar-refractivity contribution in [3.05, 3.63) is 127 Å². The molecule has 5 rings (SSSR count). The normalized spacial score (nSPS) is 10.9. The largest absolute Gasteiger partial charge is 0.323 e. The summed E-state index contributed by atoms with van der Waals surface area (Å²) in [6, 6.07) is 39.0. The van der Waals surface area contributed by atoms with E-state index in [4.69, 9.17) is 0 Å². The van der Waals surface area contributed by atoms with Crippen molar-refractivity contribution in [3.8, 4) is 39.1 Å². The molecule has 0 aliphatic carbocycles. The summed E-state index contributed by atoms with van der Waals surface area (Å²) in [6.07, 6.45) is 6.81. The Morgan fingerprint density at radius 2 is 0.969 bits per heavy atom. The van der Waals surface area contributed by atoms with Crippen LogP contribution >= 0.6 is 0 Å². The summed E-state index contributed by atoms with van der Waals surface area (Å²) in [5, 5.41) is 0. The van der Waals surface area contributed by atoms with Gasteiger partial charge in [0.05, 0.1) is 0 Å². The number of nitrogens with zero attached hydrogens (tertiary/aromatic N) is 1. The van der Waals surface area contributed by atoms with Crippen molar-refractivity contribution in [3.63, 3.8) is 0 Å². The molecule has 0 unspecified atom stereocenters.